The zero-order chi connectivity index (χ0) is 19.7. The van der Waals surface area contributed by atoms with Crippen LogP contribution in [-0.4, -0.2) is 25.6 Å². The Morgan fingerprint density at radius 1 is 1.18 bits per heavy atom. The summed E-state index contributed by atoms with van der Waals surface area (Å²) in [6, 6.07) is 13.6. The second kappa shape index (κ2) is 7.64. The first-order valence-electron chi connectivity index (χ1n) is 9.14. The van der Waals surface area contributed by atoms with Gasteiger partial charge in [0.2, 0.25) is 0 Å². The third-order valence-electron chi connectivity index (χ3n) is 4.90. The van der Waals surface area contributed by atoms with E-state index in [4.69, 9.17) is 4.42 Å². The molecule has 28 heavy (non-hydrogen) atoms. The summed E-state index contributed by atoms with van der Waals surface area (Å²) >= 11 is 1.48. The number of Topliss-reactive ketones (excluding diaryl/α,β-unsaturated/α-hetero) is 1. The standard InChI is InChI=1S/C22H21N3O2S/c1-14-11-19(15(2)25(14)12-17-7-6-10-27-17)21(26)16(3)28-22-18-8-4-5-9-20(18)23-13-24-22/h4-11,13,16H,12H2,1-3H3/t16-/m1/s1. The minimum absolute atomic E-state index is 0.103. The van der Waals surface area contributed by atoms with Gasteiger partial charge in [0.15, 0.2) is 5.78 Å². The summed E-state index contributed by atoms with van der Waals surface area (Å²) in [5.41, 5.74) is 3.64. The number of benzene rings is 1. The molecule has 6 heteroatoms. The zero-order valence-corrected chi connectivity index (χ0v) is 16.9. The third-order valence-corrected chi connectivity index (χ3v) is 6.01. The zero-order valence-electron chi connectivity index (χ0n) is 16.0. The number of carbonyl (C=O) groups is 1. The van der Waals surface area contributed by atoms with E-state index in [2.05, 4.69) is 14.5 Å². The van der Waals surface area contributed by atoms with Gasteiger partial charge in [0.1, 0.15) is 17.1 Å². The molecule has 3 aromatic heterocycles. The second-order valence-electron chi connectivity index (χ2n) is 6.77. The average molecular weight is 391 g/mol. The normalized spacial score (nSPS) is 12.4. The first-order chi connectivity index (χ1) is 13.5. The quantitative estimate of drug-likeness (QED) is 0.261. The van der Waals surface area contributed by atoms with Gasteiger partial charge in [-0.25, -0.2) is 9.97 Å². The largest absolute Gasteiger partial charge is 0.467 e. The molecule has 4 aromatic rings. The Kier molecular flexibility index (Phi) is 5.05. The molecular formula is C22H21N3O2S. The van der Waals surface area contributed by atoms with Crippen LogP contribution in [0.2, 0.25) is 0 Å². The molecule has 5 nitrogen and oxygen atoms in total. The van der Waals surface area contributed by atoms with Crippen molar-refractivity contribution in [1.29, 1.82) is 0 Å². The predicted molar refractivity (Wildman–Crippen MR) is 111 cm³/mol. The summed E-state index contributed by atoms with van der Waals surface area (Å²) in [4.78, 5) is 21.9. The number of carbonyl (C=O) groups excluding carboxylic acids is 1. The van der Waals surface area contributed by atoms with Crippen LogP contribution in [0.4, 0.5) is 0 Å². The summed E-state index contributed by atoms with van der Waals surface area (Å²) in [5, 5.41) is 1.55. The van der Waals surface area contributed by atoms with E-state index < -0.39 is 0 Å². The maximum Gasteiger partial charge on any atom is 0.177 e. The Morgan fingerprint density at radius 2 is 2.00 bits per heavy atom. The topological polar surface area (TPSA) is 60.9 Å². The van der Waals surface area contributed by atoms with Gasteiger partial charge in [-0.2, -0.15) is 0 Å². The number of thioether (sulfide) groups is 1. The van der Waals surface area contributed by atoms with Crippen LogP contribution in [0.1, 0.15) is 34.4 Å². The molecule has 0 spiro atoms. The molecule has 1 atom stereocenters. The van der Waals surface area contributed by atoms with Crippen LogP contribution in [0.25, 0.3) is 10.9 Å². The Balaban J connectivity index is 1.59. The Labute approximate surface area is 167 Å². The number of furan rings is 1. The fourth-order valence-corrected chi connectivity index (χ4v) is 4.34. The van der Waals surface area contributed by atoms with E-state index in [1.165, 1.54) is 11.8 Å². The summed E-state index contributed by atoms with van der Waals surface area (Å²) in [7, 11) is 0. The van der Waals surface area contributed by atoms with Crippen molar-refractivity contribution < 1.29 is 9.21 Å². The highest BCUT2D eigenvalue weighted by Crippen LogP contribution is 2.30. The fraction of sp³-hybridized carbons (Fsp3) is 0.227. The lowest BCUT2D eigenvalue weighted by atomic mass is 10.1. The van der Waals surface area contributed by atoms with E-state index in [0.29, 0.717) is 6.54 Å². The van der Waals surface area contributed by atoms with Crippen molar-refractivity contribution in [2.75, 3.05) is 0 Å². The highest BCUT2D eigenvalue weighted by Gasteiger charge is 2.23. The van der Waals surface area contributed by atoms with E-state index in [-0.39, 0.29) is 11.0 Å². The number of para-hydroxylation sites is 1. The van der Waals surface area contributed by atoms with E-state index >= 15 is 0 Å². The number of aromatic nitrogens is 3. The Hall–Kier alpha value is -2.86. The number of rotatable bonds is 6. The van der Waals surface area contributed by atoms with Gasteiger partial charge in [-0.15, -0.1) is 0 Å². The van der Waals surface area contributed by atoms with Crippen molar-refractivity contribution in [1.82, 2.24) is 14.5 Å². The molecule has 0 saturated heterocycles. The van der Waals surface area contributed by atoms with Gasteiger partial charge in [0.05, 0.1) is 23.6 Å². The minimum atomic E-state index is -0.254. The van der Waals surface area contributed by atoms with E-state index in [0.717, 1.165) is 38.6 Å². The van der Waals surface area contributed by atoms with Crippen molar-refractivity contribution in [3.05, 3.63) is 77.8 Å². The highest BCUT2D eigenvalue weighted by atomic mass is 32.2. The molecule has 0 fully saturated rings. The van der Waals surface area contributed by atoms with Crippen molar-refractivity contribution in [2.24, 2.45) is 0 Å². The first kappa shape index (κ1) is 18.5. The maximum atomic E-state index is 13.2. The fourth-order valence-electron chi connectivity index (χ4n) is 3.37. The van der Waals surface area contributed by atoms with E-state index in [9.17, 15) is 4.79 Å². The van der Waals surface area contributed by atoms with Gasteiger partial charge in [-0.3, -0.25) is 4.79 Å². The second-order valence-corrected chi connectivity index (χ2v) is 8.10. The van der Waals surface area contributed by atoms with Crippen molar-refractivity contribution >= 4 is 28.4 Å². The molecule has 0 radical (unpaired) electrons. The summed E-state index contributed by atoms with van der Waals surface area (Å²) in [6.07, 6.45) is 3.22. The number of nitrogens with zero attached hydrogens (tertiary/aromatic N) is 3. The summed E-state index contributed by atoms with van der Waals surface area (Å²) in [5.74, 6) is 0.974. The summed E-state index contributed by atoms with van der Waals surface area (Å²) < 4.78 is 7.58. The smallest absolute Gasteiger partial charge is 0.177 e. The van der Waals surface area contributed by atoms with Gasteiger partial charge < -0.3 is 8.98 Å². The van der Waals surface area contributed by atoms with Gasteiger partial charge >= 0.3 is 0 Å². The molecule has 0 N–H and O–H groups in total. The van der Waals surface area contributed by atoms with Crippen molar-refractivity contribution in [3.8, 4) is 0 Å². The molecule has 0 saturated carbocycles. The number of fused-ring (bicyclic) bond motifs is 1. The maximum absolute atomic E-state index is 13.2. The lowest BCUT2D eigenvalue weighted by Crippen LogP contribution is -2.15. The predicted octanol–water partition coefficient (Wildman–Crippen LogP) is 5.05. The van der Waals surface area contributed by atoms with Crippen LogP contribution < -0.4 is 0 Å². The molecule has 0 bridgehead atoms. The van der Waals surface area contributed by atoms with E-state index in [1.54, 1.807) is 12.6 Å². The Morgan fingerprint density at radius 3 is 2.79 bits per heavy atom. The monoisotopic (exact) mass is 391 g/mol. The lowest BCUT2D eigenvalue weighted by molar-refractivity contribution is 0.0993. The first-order valence-corrected chi connectivity index (χ1v) is 10.0. The lowest BCUT2D eigenvalue weighted by Gasteiger charge is -2.12. The molecule has 4 rings (SSSR count). The molecule has 0 aliphatic heterocycles. The third kappa shape index (κ3) is 3.47. The van der Waals surface area contributed by atoms with Crippen LogP contribution in [0.3, 0.4) is 0 Å². The average Bonchev–Trinajstić information content (AvgIpc) is 3.31. The van der Waals surface area contributed by atoms with Gasteiger partial charge in [-0.1, -0.05) is 30.0 Å². The number of ketones is 1. The van der Waals surface area contributed by atoms with Crippen molar-refractivity contribution in [2.45, 2.75) is 37.6 Å². The molecular weight excluding hydrogens is 370 g/mol. The van der Waals surface area contributed by atoms with Crippen LogP contribution >= 0.6 is 11.8 Å². The molecule has 3 heterocycles. The SMILES string of the molecule is Cc1cc(C(=O)[C@@H](C)Sc2ncnc3ccccc23)c(C)n1Cc1ccco1. The van der Waals surface area contributed by atoms with Gasteiger partial charge in [0.25, 0.3) is 0 Å². The van der Waals surface area contributed by atoms with Crippen LogP contribution in [0.5, 0.6) is 0 Å². The number of hydrogen-bond acceptors (Lipinski definition) is 5. The van der Waals surface area contributed by atoms with Crippen LogP contribution in [0, 0.1) is 13.8 Å². The molecule has 0 unspecified atom stereocenters. The summed E-state index contributed by atoms with van der Waals surface area (Å²) in [6.45, 7) is 6.56. The Bertz CT molecular complexity index is 1130. The van der Waals surface area contributed by atoms with Gasteiger partial charge in [-0.05, 0) is 45.0 Å². The van der Waals surface area contributed by atoms with Crippen molar-refractivity contribution in [3.63, 3.8) is 0 Å². The molecule has 0 amide bonds. The molecule has 142 valence electrons. The highest BCUT2D eigenvalue weighted by molar-refractivity contribution is 8.00. The number of aryl methyl sites for hydroxylation is 1. The molecule has 1 aromatic carbocycles. The molecule has 0 aliphatic carbocycles. The van der Waals surface area contributed by atoms with Crippen LogP contribution in [-0.2, 0) is 6.54 Å². The molecule has 0 aliphatic rings. The van der Waals surface area contributed by atoms with Crippen LogP contribution in [0.15, 0.2) is 64.5 Å². The minimum Gasteiger partial charge on any atom is -0.467 e. The van der Waals surface area contributed by atoms with E-state index in [1.807, 2.05) is 63.2 Å². The van der Waals surface area contributed by atoms with Gasteiger partial charge in [0, 0.05) is 22.3 Å². The number of hydrogen-bond donors (Lipinski definition) is 0.